The molecule has 0 saturated heterocycles. The summed E-state index contributed by atoms with van der Waals surface area (Å²) in [5.74, 6) is 2.63. The maximum absolute atomic E-state index is 5.94. The van der Waals surface area contributed by atoms with E-state index in [2.05, 4.69) is 47.9 Å². The van der Waals surface area contributed by atoms with E-state index in [-0.39, 0.29) is 0 Å². The lowest BCUT2D eigenvalue weighted by atomic mass is 10.1. The number of hydrogen-bond donors (Lipinski definition) is 0. The minimum Gasteiger partial charge on any atom is -0.497 e. The minimum absolute atomic E-state index is 0.561. The van der Waals surface area contributed by atoms with Crippen molar-refractivity contribution < 1.29 is 9.47 Å². The predicted molar refractivity (Wildman–Crippen MR) is 108 cm³/mol. The van der Waals surface area contributed by atoms with Crippen molar-refractivity contribution in [1.29, 1.82) is 0 Å². The van der Waals surface area contributed by atoms with Gasteiger partial charge in [-0.3, -0.25) is 0 Å². The maximum Gasteiger partial charge on any atom is 0.141 e. The molecule has 0 radical (unpaired) electrons. The zero-order valence-corrected chi connectivity index (χ0v) is 15.6. The van der Waals surface area contributed by atoms with Crippen LogP contribution in [0, 0.1) is 6.92 Å². The van der Waals surface area contributed by atoms with Gasteiger partial charge in [0.2, 0.25) is 0 Å². The summed E-state index contributed by atoms with van der Waals surface area (Å²) in [6.07, 6.45) is 0. The molecule has 0 aliphatic heterocycles. The third-order valence-corrected chi connectivity index (χ3v) is 4.68. The normalized spacial score (nSPS) is 10.9. The summed E-state index contributed by atoms with van der Waals surface area (Å²) in [6, 6.07) is 24.2. The second kappa shape index (κ2) is 7.54. The van der Waals surface area contributed by atoms with Crippen molar-refractivity contribution in [3.8, 4) is 22.9 Å². The number of para-hydroxylation sites is 2. The average Bonchev–Trinajstić information content (AvgIpc) is 3.07. The molecule has 0 aliphatic rings. The van der Waals surface area contributed by atoms with E-state index in [9.17, 15) is 0 Å². The van der Waals surface area contributed by atoms with Gasteiger partial charge < -0.3 is 14.0 Å². The molecule has 0 atom stereocenters. The van der Waals surface area contributed by atoms with Gasteiger partial charge in [0.05, 0.1) is 24.7 Å². The summed E-state index contributed by atoms with van der Waals surface area (Å²) < 4.78 is 13.4. The van der Waals surface area contributed by atoms with Crippen LogP contribution in [0.4, 0.5) is 0 Å². The van der Waals surface area contributed by atoms with Crippen molar-refractivity contribution in [2.45, 2.75) is 13.5 Å². The van der Waals surface area contributed by atoms with E-state index >= 15 is 0 Å². The summed E-state index contributed by atoms with van der Waals surface area (Å²) in [5, 5.41) is 0. The highest BCUT2D eigenvalue weighted by atomic mass is 16.5. The molecule has 0 aliphatic carbocycles. The van der Waals surface area contributed by atoms with Crippen LogP contribution < -0.4 is 9.47 Å². The first-order valence-electron chi connectivity index (χ1n) is 9.04. The number of ether oxygens (including phenoxy) is 2. The average molecular weight is 358 g/mol. The molecule has 3 aromatic carbocycles. The van der Waals surface area contributed by atoms with Gasteiger partial charge in [-0.25, -0.2) is 4.98 Å². The van der Waals surface area contributed by atoms with Crippen molar-refractivity contribution in [3.63, 3.8) is 0 Å². The van der Waals surface area contributed by atoms with Crippen LogP contribution in [0.2, 0.25) is 0 Å². The zero-order chi connectivity index (χ0) is 18.6. The highest BCUT2D eigenvalue weighted by Gasteiger charge is 2.13. The van der Waals surface area contributed by atoms with Crippen molar-refractivity contribution in [2.24, 2.45) is 0 Å². The first kappa shape index (κ1) is 17.2. The molecule has 0 unspecified atom stereocenters. The van der Waals surface area contributed by atoms with Gasteiger partial charge in [0, 0.05) is 5.56 Å². The Labute approximate surface area is 159 Å². The quantitative estimate of drug-likeness (QED) is 0.481. The van der Waals surface area contributed by atoms with E-state index in [1.54, 1.807) is 7.11 Å². The standard InChI is InChI=1S/C23H22N2O2/c1-17-7-3-4-8-20(17)23-24-21-9-5-6-10-22(21)25(23)15-16-27-19-13-11-18(26-2)12-14-19/h3-14H,15-16H2,1-2H3. The molecule has 0 saturated carbocycles. The second-order valence-corrected chi connectivity index (χ2v) is 6.41. The molecule has 4 aromatic rings. The van der Waals surface area contributed by atoms with Crippen LogP contribution in [0.3, 0.4) is 0 Å². The summed E-state index contributed by atoms with van der Waals surface area (Å²) in [5.41, 5.74) is 4.48. The Morgan fingerprint density at radius 1 is 0.852 bits per heavy atom. The molecule has 0 N–H and O–H groups in total. The molecule has 0 spiro atoms. The highest BCUT2D eigenvalue weighted by Crippen LogP contribution is 2.27. The van der Waals surface area contributed by atoms with E-state index in [0.717, 1.165) is 40.5 Å². The van der Waals surface area contributed by atoms with Crippen LogP contribution >= 0.6 is 0 Å². The van der Waals surface area contributed by atoms with Crippen LogP contribution in [0.1, 0.15) is 5.56 Å². The third kappa shape index (κ3) is 3.51. The van der Waals surface area contributed by atoms with Gasteiger partial charge in [-0.15, -0.1) is 0 Å². The fourth-order valence-electron chi connectivity index (χ4n) is 3.26. The molecule has 136 valence electrons. The topological polar surface area (TPSA) is 36.3 Å². The molecule has 0 amide bonds. The van der Waals surface area contributed by atoms with Crippen LogP contribution in [0.5, 0.6) is 11.5 Å². The summed E-state index contributed by atoms with van der Waals surface area (Å²) in [6.45, 7) is 3.40. The van der Waals surface area contributed by atoms with Gasteiger partial charge in [0.1, 0.15) is 23.9 Å². The smallest absolute Gasteiger partial charge is 0.141 e. The van der Waals surface area contributed by atoms with E-state index in [4.69, 9.17) is 14.5 Å². The predicted octanol–water partition coefficient (Wildman–Crippen LogP) is 5.10. The third-order valence-electron chi connectivity index (χ3n) is 4.68. The van der Waals surface area contributed by atoms with Gasteiger partial charge in [-0.2, -0.15) is 0 Å². The lowest BCUT2D eigenvalue weighted by Gasteiger charge is -2.12. The Morgan fingerprint density at radius 2 is 1.56 bits per heavy atom. The summed E-state index contributed by atoms with van der Waals surface area (Å²) in [4.78, 5) is 4.88. The van der Waals surface area contributed by atoms with Crippen LogP contribution in [-0.4, -0.2) is 23.3 Å². The van der Waals surface area contributed by atoms with E-state index in [1.165, 1.54) is 5.56 Å². The number of imidazole rings is 1. The fourth-order valence-corrected chi connectivity index (χ4v) is 3.26. The number of aromatic nitrogens is 2. The van der Waals surface area contributed by atoms with Crippen LogP contribution in [0.15, 0.2) is 72.8 Å². The number of rotatable bonds is 6. The van der Waals surface area contributed by atoms with Crippen molar-refractivity contribution in [3.05, 3.63) is 78.4 Å². The van der Waals surface area contributed by atoms with Gasteiger partial charge in [-0.1, -0.05) is 36.4 Å². The number of hydrogen-bond acceptors (Lipinski definition) is 3. The Balaban J connectivity index is 1.62. The van der Waals surface area contributed by atoms with E-state index < -0.39 is 0 Å². The number of aryl methyl sites for hydroxylation is 1. The maximum atomic E-state index is 5.94. The molecule has 1 heterocycles. The Bertz CT molecular complexity index is 1050. The van der Waals surface area contributed by atoms with Crippen molar-refractivity contribution in [1.82, 2.24) is 9.55 Å². The first-order chi connectivity index (χ1) is 13.3. The molecule has 27 heavy (non-hydrogen) atoms. The Kier molecular flexibility index (Phi) is 4.79. The molecular weight excluding hydrogens is 336 g/mol. The molecular formula is C23H22N2O2. The number of benzene rings is 3. The SMILES string of the molecule is COc1ccc(OCCn2c(-c3ccccc3C)nc3ccccc32)cc1. The molecule has 4 nitrogen and oxygen atoms in total. The zero-order valence-electron chi connectivity index (χ0n) is 15.6. The fraction of sp³-hybridized carbons (Fsp3) is 0.174. The molecule has 0 fully saturated rings. The number of methoxy groups -OCH3 is 1. The first-order valence-corrected chi connectivity index (χ1v) is 9.04. The van der Waals surface area contributed by atoms with E-state index in [0.29, 0.717) is 6.61 Å². The van der Waals surface area contributed by atoms with Crippen LogP contribution in [0.25, 0.3) is 22.4 Å². The van der Waals surface area contributed by atoms with Gasteiger partial charge in [0.15, 0.2) is 0 Å². The van der Waals surface area contributed by atoms with Gasteiger partial charge in [-0.05, 0) is 48.9 Å². The summed E-state index contributed by atoms with van der Waals surface area (Å²) >= 11 is 0. The largest absolute Gasteiger partial charge is 0.497 e. The molecule has 0 bridgehead atoms. The lowest BCUT2D eigenvalue weighted by Crippen LogP contribution is -2.09. The molecule has 1 aromatic heterocycles. The lowest BCUT2D eigenvalue weighted by molar-refractivity contribution is 0.300. The number of fused-ring (bicyclic) bond motifs is 1. The molecule has 4 rings (SSSR count). The molecule has 4 heteroatoms. The Morgan fingerprint density at radius 3 is 2.33 bits per heavy atom. The van der Waals surface area contributed by atoms with Crippen molar-refractivity contribution >= 4 is 11.0 Å². The van der Waals surface area contributed by atoms with Crippen LogP contribution in [-0.2, 0) is 6.54 Å². The highest BCUT2D eigenvalue weighted by molar-refractivity contribution is 5.81. The summed E-state index contributed by atoms with van der Waals surface area (Å²) in [7, 11) is 1.66. The monoisotopic (exact) mass is 358 g/mol. The minimum atomic E-state index is 0.561. The van der Waals surface area contributed by atoms with E-state index in [1.807, 2.05) is 36.4 Å². The van der Waals surface area contributed by atoms with Gasteiger partial charge in [0.25, 0.3) is 0 Å². The second-order valence-electron chi connectivity index (χ2n) is 6.41. The number of nitrogens with zero attached hydrogens (tertiary/aromatic N) is 2. The Hall–Kier alpha value is -3.27. The van der Waals surface area contributed by atoms with Crippen molar-refractivity contribution in [2.75, 3.05) is 13.7 Å². The van der Waals surface area contributed by atoms with Gasteiger partial charge >= 0.3 is 0 Å².